The van der Waals surface area contributed by atoms with Crippen LogP contribution < -0.4 is 15.5 Å². The van der Waals surface area contributed by atoms with Crippen molar-refractivity contribution < 1.29 is 4.79 Å². The van der Waals surface area contributed by atoms with Gasteiger partial charge in [0.1, 0.15) is 5.82 Å². The fourth-order valence-corrected chi connectivity index (χ4v) is 2.56. The van der Waals surface area contributed by atoms with Gasteiger partial charge in [-0.05, 0) is 45.4 Å². The molecule has 1 aliphatic heterocycles. The minimum atomic E-state index is 0.0572. The molecule has 0 radical (unpaired) electrons. The molecule has 1 unspecified atom stereocenters. The van der Waals surface area contributed by atoms with Crippen molar-refractivity contribution in [3.63, 3.8) is 0 Å². The van der Waals surface area contributed by atoms with Crippen molar-refractivity contribution in [2.45, 2.75) is 39.2 Å². The molecule has 1 amide bonds. The van der Waals surface area contributed by atoms with E-state index in [0.29, 0.717) is 12.5 Å². The van der Waals surface area contributed by atoms with Gasteiger partial charge in [0, 0.05) is 25.6 Å². The summed E-state index contributed by atoms with van der Waals surface area (Å²) in [6.45, 7) is 7.11. The second-order valence-electron chi connectivity index (χ2n) is 5.12. The molecule has 1 aromatic heterocycles. The molecule has 2 heterocycles. The van der Waals surface area contributed by atoms with Crippen molar-refractivity contribution in [1.29, 1.82) is 0 Å². The quantitative estimate of drug-likeness (QED) is 0.834. The summed E-state index contributed by atoms with van der Waals surface area (Å²) in [7, 11) is 0. The van der Waals surface area contributed by atoms with Crippen LogP contribution in [0.2, 0.25) is 0 Å². The van der Waals surface area contributed by atoms with Gasteiger partial charge in [0.25, 0.3) is 0 Å². The van der Waals surface area contributed by atoms with Gasteiger partial charge in [-0.15, -0.1) is 0 Å². The van der Waals surface area contributed by atoms with E-state index in [9.17, 15) is 4.79 Å². The number of nitrogens with one attached hydrogen (secondary N) is 2. The second-order valence-corrected chi connectivity index (χ2v) is 5.12. The highest BCUT2D eigenvalue weighted by molar-refractivity contribution is 5.91. The Balaban J connectivity index is 1.87. The number of hydrogen-bond acceptors (Lipinski definition) is 4. The zero-order valence-corrected chi connectivity index (χ0v) is 12.4. The van der Waals surface area contributed by atoms with E-state index >= 15 is 0 Å². The van der Waals surface area contributed by atoms with Crippen molar-refractivity contribution in [2.75, 3.05) is 29.9 Å². The highest BCUT2D eigenvalue weighted by Crippen LogP contribution is 2.15. The highest BCUT2D eigenvalue weighted by Gasteiger charge is 2.17. The van der Waals surface area contributed by atoms with Crippen LogP contribution in [0.3, 0.4) is 0 Å². The Morgan fingerprint density at radius 3 is 2.80 bits per heavy atom. The van der Waals surface area contributed by atoms with E-state index < -0.39 is 0 Å². The lowest BCUT2D eigenvalue weighted by Gasteiger charge is -2.19. The molecule has 20 heavy (non-hydrogen) atoms. The minimum Gasteiger partial charge on any atom is -0.357 e. The molecule has 5 nitrogen and oxygen atoms in total. The van der Waals surface area contributed by atoms with E-state index in [-0.39, 0.29) is 5.91 Å². The summed E-state index contributed by atoms with van der Waals surface area (Å²) in [5.74, 6) is 1.01. The number of pyridine rings is 1. The summed E-state index contributed by atoms with van der Waals surface area (Å²) in [6.07, 6.45) is 4.52. The van der Waals surface area contributed by atoms with E-state index in [4.69, 9.17) is 0 Å². The van der Waals surface area contributed by atoms with E-state index in [1.165, 1.54) is 0 Å². The van der Waals surface area contributed by atoms with Crippen LogP contribution in [0, 0.1) is 0 Å². The maximum absolute atomic E-state index is 11.9. The van der Waals surface area contributed by atoms with Gasteiger partial charge in [-0.2, -0.15) is 0 Å². The average Bonchev–Trinajstić information content (AvgIpc) is 2.94. The number of carbonyl (C=O) groups excluding carboxylic acids is 1. The molecular formula is C15H24N4O. The predicted octanol–water partition coefficient (Wildman–Crippen LogP) is 2.01. The second kappa shape index (κ2) is 7.24. The van der Waals surface area contributed by atoms with Gasteiger partial charge >= 0.3 is 0 Å². The molecular weight excluding hydrogens is 252 g/mol. The average molecular weight is 276 g/mol. The third-order valence-electron chi connectivity index (χ3n) is 3.71. The third-order valence-corrected chi connectivity index (χ3v) is 3.71. The maximum atomic E-state index is 11.9. The van der Waals surface area contributed by atoms with Gasteiger partial charge < -0.3 is 15.5 Å². The van der Waals surface area contributed by atoms with E-state index in [0.717, 1.165) is 44.0 Å². The molecule has 110 valence electrons. The number of carbonyl (C=O) groups is 1. The lowest BCUT2D eigenvalue weighted by molar-refractivity contribution is -0.116. The smallest absolute Gasteiger partial charge is 0.225 e. The van der Waals surface area contributed by atoms with Gasteiger partial charge in [-0.25, -0.2) is 4.98 Å². The Hall–Kier alpha value is -1.62. The predicted molar refractivity (Wildman–Crippen MR) is 82.1 cm³/mol. The summed E-state index contributed by atoms with van der Waals surface area (Å²) in [5, 5.41) is 6.24. The first kappa shape index (κ1) is 14.8. The first-order valence-electron chi connectivity index (χ1n) is 7.47. The number of hydrogen-bond donors (Lipinski definition) is 2. The van der Waals surface area contributed by atoms with Crippen molar-refractivity contribution in [1.82, 2.24) is 10.3 Å². The van der Waals surface area contributed by atoms with Gasteiger partial charge in [-0.1, -0.05) is 0 Å². The molecule has 0 bridgehead atoms. The summed E-state index contributed by atoms with van der Waals surface area (Å²) >= 11 is 0. The molecule has 1 saturated heterocycles. The minimum absolute atomic E-state index is 0.0572. The van der Waals surface area contributed by atoms with Crippen LogP contribution in [-0.2, 0) is 4.79 Å². The molecule has 0 spiro atoms. The van der Waals surface area contributed by atoms with Gasteiger partial charge in [0.15, 0.2) is 0 Å². The number of rotatable bonds is 6. The fourth-order valence-electron chi connectivity index (χ4n) is 2.56. The Kier molecular flexibility index (Phi) is 5.35. The Morgan fingerprint density at radius 2 is 2.25 bits per heavy atom. The van der Waals surface area contributed by atoms with Gasteiger partial charge in [-0.3, -0.25) is 4.79 Å². The Bertz CT molecular complexity index is 422. The molecule has 2 N–H and O–H groups in total. The Morgan fingerprint density at radius 1 is 1.45 bits per heavy atom. The summed E-state index contributed by atoms with van der Waals surface area (Å²) < 4.78 is 0. The fraction of sp³-hybridized carbons (Fsp3) is 0.600. The summed E-state index contributed by atoms with van der Waals surface area (Å²) in [6, 6.07) is 4.20. The van der Waals surface area contributed by atoms with E-state index in [1.54, 1.807) is 6.20 Å². The molecule has 0 aliphatic carbocycles. The molecule has 0 saturated carbocycles. The third kappa shape index (κ3) is 3.93. The standard InChI is InChI=1S/C15H24N4O/c1-3-19(4-2)14-8-7-13(11-17-14)18-15(20)10-12-6-5-9-16-12/h7-8,11-12,16H,3-6,9-10H2,1-2H3,(H,18,20). The first-order chi connectivity index (χ1) is 9.72. The molecule has 1 fully saturated rings. The normalized spacial score (nSPS) is 18.0. The van der Waals surface area contributed by atoms with Crippen LogP contribution in [0.5, 0.6) is 0 Å². The maximum Gasteiger partial charge on any atom is 0.225 e. The largest absolute Gasteiger partial charge is 0.357 e. The summed E-state index contributed by atoms with van der Waals surface area (Å²) in [5.41, 5.74) is 0.768. The Labute approximate surface area is 120 Å². The van der Waals surface area contributed by atoms with Crippen LogP contribution in [0.4, 0.5) is 11.5 Å². The topological polar surface area (TPSA) is 57.3 Å². The number of aromatic nitrogens is 1. The monoisotopic (exact) mass is 276 g/mol. The molecule has 1 atom stereocenters. The van der Waals surface area contributed by atoms with Crippen molar-refractivity contribution in [2.24, 2.45) is 0 Å². The first-order valence-corrected chi connectivity index (χ1v) is 7.47. The van der Waals surface area contributed by atoms with Crippen LogP contribution in [0.15, 0.2) is 18.3 Å². The van der Waals surface area contributed by atoms with Crippen molar-refractivity contribution >= 4 is 17.4 Å². The molecule has 5 heteroatoms. The van der Waals surface area contributed by atoms with Crippen LogP contribution in [-0.4, -0.2) is 36.6 Å². The zero-order chi connectivity index (χ0) is 14.4. The zero-order valence-electron chi connectivity index (χ0n) is 12.4. The number of anilines is 2. The van der Waals surface area contributed by atoms with Crippen LogP contribution in [0.1, 0.15) is 33.1 Å². The van der Waals surface area contributed by atoms with Crippen molar-refractivity contribution in [3.05, 3.63) is 18.3 Å². The SMILES string of the molecule is CCN(CC)c1ccc(NC(=O)CC2CCCN2)cn1. The lowest BCUT2D eigenvalue weighted by Crippen LogP contribution is -2.27. The van der Waals surface area contributed by atoms with Crippen molar-refractivity contribution in [3.8, 4) is 0 Å². The van der Waals surface area contributed by atoms with E-state index in [2.05, 4.69) is 34.4 Å². The van der Waals surface area contributed by atoms with Crippen LogP contribution in [0.25, 0.3) is 0 Å². The molecule has 1 aliphatic rings. The number of nitrogens with zero attached hydrogens (tertiary/aromatic N) is 2. The van der Waals surface area contributed by atoms with Crippen LogP contribution >= 0.6 is 0 Å². The highest BCUT2D eigenvalue weighted by atomic mass is 16.1. The number of amides is 1. The molecule has 0 aromatic carbocycles. The molecule has 2 rings (SSSR count). The molecule has 1 aromatic rings. The van der Waals surface area contributed by atoms with Gasteiger partial charge in [0.2, 0.25) is 5.91 Å². The lowest BCUT2D eigenvalue weighted by atomic mass is 10.1. The van der Waals surface area contributed by atoms with Gasteiger partial charge in [0.05, 0.1) is 11.9 Å². The summed E-state index contributed by atoms with van der Waals surface area (Å²) in [4.78, 5) is 18.5. The van der Waals surface area contributed by atoms with E-state index in [1.807, 2.05) is 12.1 Å².